The first kappa shape index (κ1) is 26.2. The Morgan fingerprint density at radius 2 is 0.538 bits per heavy atom. The summed E-state index contributed by atoms with van der Waals surface area (Å²) in [6.45, 7) is 0. The third kappa shape index (κ3) is 10.5. The van der Waals surface area contributed by atoms with Crippen molar-refractivity contribution < 1.29 is 26.6 Å². The van der Waals surface area contributed by atoms with Crippen LogP contribution >= 0.6 is 0 Å². The summed E-state index contributed by atoms with van der Waals surface area (Å²) < 4.78 is 32.7. The van der Waals surface area contributed by atoms with E-state index >= 15 is 0 Å². The quantitative estimate of drug-likeness (QED) is 0.228. The van der Waals surface area contributed by atoms with Gasteiger partial charge in [0, 0.05) is 54.7 Å². The third-order valence-corrected chi connectivity index (χ3v) is 10.7. The van der Waals surface area contributed by atoms with E-state index in [0.717, 1.165) is 24.9 Å². The van der Waals surface area contributed by atoms with E-state index in [1.54, 1.807) is 42.7 Å². The van der Waals surface area contributed by atoms with Crippen molar-refractivity contribution in [3.63, 3.8) is 0 Å². The first-order valence-electron chi connectivity index (χ1n) is 9.88. The summed E-state index contributed by atoms with van der Waals surface area (Å²) in [7, 11) is 5.38. The smallest absolute Gasteiger partial charge is 0.377 e. The molecule has 0 aliphatic carbocycles. The van der Waals surface area contributed by atoms with Gasteiger partial charge in [0.1, 0.15) is 0 Å². The lowest BCUT2D eigenvalue weighted by Crippen LogP contribution is -2.42. The van der Waals surface area contributed by atoms with Crippen molar-refractivity contribution in [2.24, 2.45) is 0 Å². The predicted octanol–water partition coefficient (Wildman–Crippen LogP) is 4.64. The fraction of sp³-hybridized carbons (Fsp3) is 1.00. The molecule has 0 radical (unpaired) electrons. The molecule has 0 unspecified atom stereocenters. The fourth-order valence-corrected chi connectivity index (χ4v) is 6.80. The summed E-state index contributed by atoms with van der Waals surface area (Å²) in [5.41, 5.74) is 0. The van der Waals surface area contributed by atoms with E-state index in [9.17, 15) is 0 Å². The molecule has 0 spiro atoms. The fourth-order valence-electron chi connectivity index (χ4n) is 3.21. The summed E-state index contributed by atoms with van der Waals surface area (Å²) in [5.74, 6) is 0. The molecule has 0 saturated heterocycles. The summed E-state index contributed by atoms with van der Waals surface area (Å²) >= 11 is 0. The maximum absolute atomic E-state index is 5.44. The van der Waals surface area contributed by atoms with Gasteiger partial charge in [0.15, 0.2) is 0 Å². The Hall–Kier alpha value is 0.194. The zero-order valence-corrected chi connectivity index (χ0v) is 19.9. The highest BCUT2D eigenvalue weighted by molar-refractivity contribution is 6.60. The Balaban J connectivity index is 3.50. The molecule has 0 aromatic carbocycles. The number of hydrogen-bond donors (Lipinski definition) is 0. The Kier molecular flexibility index (Phi) is 16.3. The molecule has 6 nitrogen and oxygen atoms in total. The van der Waals surface area contributed by atoms with Crippen molar-refractivity contribution >= 4 is 17.6 Å². The van der Waals surface area contributed by atoms with E-state index < -0.39 is 17.6 Å². The average Bonchev–Trinajstić information content (AvgIpc) is 2.69. The maximum Gasteiger partial charge on any atom is 0.500 e. The molecule has 0 N–H and O–H groups in total. The number of hydrogen-bond acceptors (Lipinski definition) is 6. The summed E-state index contributed by atoms with van der Waals surface area (Å²) in [6, 6.07) is 1.82. The first-order valence-corrected chi connectivity index (χ1v) is 13.7. The van der Waals surface area contributed by atoms with Gasteiger partial charge in [-0.25, -0.2) is 0 Å². The Morgan fingerprint density at radius 1 is 0.346 bits per heavy atom. The van der Waals surface area contributed by atoms with Crippen LogP contribution in [-0.4, -0.2) is 60.3 Å². The molecule has 0 saturated carbocycles. The van der Waals surface area contributed by atoms with E-state index in [-0.39, 0.29) is 0 Å². The second kappa shape index (κ2) is 16.2. The molecule has 0 aliphatic rings. The standard InChI is InChI=1S/C18H42O6Si2/c1-19-25(20-2,21-3)17-15-13-11-9-7-8-10-12-14-16-18-26(22-4,23-5)24-6/h7-18H2,1-6H3. The van der Waals surface area contributed by atoms with Crippen molar-refractivity contribution in [2.45, 2.75) is 76.3 Å². The van der Waals surface area contributed by atoms with Crippen molar-refractivity contribution in [3.8, 4) is 0 Å². The Labute approximate surface area is 163 Å². The number of rotatable bonds is 19. The van der Waals surface area contributed by atoms with Crippen molar-refractivity contribution in [1.82, 2.24) is 0 Å². The molecule has 0 heterocycles. The van der Waals surface area contributed by atoms with Gasteiger partial charge in [-0.3, -0.25) is 0 Å². The normalized spacial score (nSPS) is 12.7. The van der Waals surface area contributed by atoms with Gasteiger partial charge < -0.3 is 26.6 Å². The molecule has 0 aliphatic heterocycles. The second-order valence-electron chi connectivity index (χ2n) is 6.63. The minimum absolute atomic E-state index is 0.908. The Bertz CT molecular complexity index is 266. The lowest BCUT2D eigenvalue weighted by atomic mass is 10.1. The first-order chi connectivity index (χ1) is 12.6. The van der Waals surface area contributed by atoms with Crippen LogP contribution in [0, 0.1) is 0 Å². The SMILES string of the molecule is CO[Si](CCCCCCCCCCCC[Si](OC)(OC)OC)(OC)OC. The van der Waals surface area contributed by atoms with Crippen molar-refractivity contribution in [2.75, 3.05) is 42.7 Å². The van der Waals surface area contributed by atoms with Crippen LogP contribution in [0.1, 0.15) is 64.2 Å². The zero-order valence-electron chi connectivity index (χ0n) is 17.9. The molecule has 0 amide bonds. The molecule has 0 fully saturated rings. The van der Waals surface area contributed by atoms with Gasteiger partial charge in [-0.05, 0) is 12.8 Å². The topological polar surface area (TPSA) is 55.4 Å². The molecular formula is C18H42O6Si2. The molecule has 158 valence electrons. The van der Waals surface area contributed by atoms with Crippen LogP contribution in [0.5, 0.6) is 0 Å². The van der Waals surface area contributed by atoms with Crippen LogP contribution in [-0.2, 0) is 26.6 Å². The predicted molar refractivity (Wildman–Crippen MR) is 109 cm³/mol. The average molecular weight is 411 g/mol. The van der Waals surface area contributed by atoms with Crippen LogP contribution in [0.15, 0.2) is 0 Å². The number of unbranched alkanes of at least 4 members (excludes halogenated alkanes) is 9. The lowest BCUT2D eigenvalue weighted by molar-refractivity contribution is 0.122. The lowest BCUT2D eigenvalue weighted by Gasteiger charge is -2.24. The molecule has 0 aromatic rings. The van der Waals surface area contributed by atoms with E-state index in [2.05, 4.69) is 0 Å². The maximum atomic E-state index is 5.44. The Morgan fingerprint density at radius 3 is 0.731 bits per heavy atom. The highest BCUT2D eigenvalue weighted by Crippen LogP contribution is 2.20. The van der Waals surface area contributed by atoms with E-state index in [1.165, 1.54) is 51.4 Å². The minimum Gasteiger partial charge on any atom is -0.377 e. The molecule has 0 aromatic heterocycles. The van der Waals surface area contributed by atoms with Crippen molar-refractivity contribution in [1.29, 1.82) is 0 Å². The van der Waals surface area contributed by atoms with Crippen LogP contribution < -0.4 is 0 Å². The van der Waals surface area contributed by atoms with Gasteiger partial charge in [-0.1, -0.05) is 51.4 Å². The highest BCUT2D eigenvalue weighted by atomic mass is 28.4. The molecule has 0 rings (SSSR count). The summed E-state index contributed by atoms with van der Waals surface area (Å²) in [6.07, 6.45) is 12.5. The zero-order chi connectivity index (χ0) is 19.7. The van der Waals surface area contributed by atoms with Gasteiger partial charge in [-0.2, -0.15) is 0 Å². The van der Waals surface area contributed by atoms with Crippen LogP contribution in [0.3, 0.4) is 0 Å². The highest BCUT2D eigenvalue weighted by Gasteiger charge is 2.37. The van der Waals surface area contributed by atoms with E-state index in [0.29, 0.717) is 0 Å². The van der Waals surface area contributed by atoms with Crippen molar-refractivity contribution in [3.05, 3.63) is 0 Å². The van der Waals surface area contributed by atoms with E-state index in [1.807, 2.05) is 0 Å². The monoisotopic (exact) mass is 410 g/mol. The second-order valence-corrected chi connectivity index (χ2v) is 12.8. The third-order valence-electron chi connectivity index (χ3n) is 5.08. The van der Waals surface area contributed by atoms with Crippen LogP contribution in [0.4, 0.5) is 0 Å². The molecule has 0 bridgehead atoms. The van der Waals surface area contributed by atoms with Gasteiger partial charge in [0.2, 0.25) is 0 Å². The molecule has 0 atom stereocenters. The molecule has 8 heteroatoms. The minimum atomic E-state index is -2.36. The van der Waals surface area contributed by atoms with Gasteiger partial charge >= 0.3 is 17.6 Å². The van der Waals surface area contributed by atoms with Crippen LogP contribution in [0.2, 0.25) is 12.1 Å². The van der Waals surface area contributed by atoms with Gasteiger partial charge in [0.05, 0.1) is 0 Å². The van der Waals surface area contributed by atoms with Crippen LogP contribution in [0.25, 0.3) is 0 Å². The summed E-state index contributed by atoms with van der Waals surface area (Å²) in [4.78, 5) is 0. The largest absolute Gasteiger partial charge is 0.500 e. The summed E-state index contributed by atoms with van der Waals surface area (Å²) in [5, 5.41) is 0. The molecular weight excluding hydrogens is 368 g/mol. The van der Waals surface area contributed by atoms with Gasteiger partial charge in [-0.15, -0.1) is 0 Å². The van der Waals surface area contributed by atoms with Gasteiger partial charge in [0.25, 0.3) is 0 Å². The van der Waals surface area contributed by atoms with E-state index in [4.69, 9.17) is 26.6 Å². The molecule has 26 heavy (non-hydrogen) atoms.